The molecule has 0 aliphatic heterocycles. The van der Waals surface area contributed by atoms with Gasteiger partial charge in [0.2, 0.25) is 15.9 Å². The van der Waals surface area contributed by atoms with Crippen LogP contribution in [0.25, 0.3) is 0 Å². The molecule has 1 aromatic carbocycles. The summed E-state index contributed by atoms with van der Waals surface area (Å²) in [6.07, 6.45) is -4.15. The Morgan fingerprint density at radius 1 is 1.23 bits per heavy atom. The predicted molar refractivity (Wildman–Crippen MR) is 92.4 cm³/mol. The highest BCUT2D eigenvalue weighted by molar-refractivity contribution is 7.89. The first kappa shape index (κ1) is 22.7. The van der Waals surface area contributed by atoms with Crippen molar-refractivity contribution in [3.8, 4) is 0 Å². The first-order chi connectivity index (χ1) is 11.9. The Labute approximate surface area is 155 Å². The van der Waals surface area contributed by atoms with E-state index < -0.39 is 31.7 Å². The molecule has 148 valence electrons. The van der Waals surface area contributed by atoms with Crippen LogP contribution in [0.15, 0.2) is 23.1 Å². The van der Waals surface area contributed by atoms with Crippen molar-refractivity contribution >= 4 is 27.5 Å². The number of rotatable bonds is 9. The van der Waals surface area contributed by atoms with Gasteiger partial charge < -0.3 is 10.2 Å². The van der Waals surface area contributed by atoms with Crippen molar-refractivity contribution in [3.63, 3.8) is 0 Å². The number of nitrogens with zero attached hydrogens (tertiary/aromatic N) is 1. The largest absolute Gasteiger partial charge is 0.417 e. The standard InChI is InChI=1S/C15H21ClF3N3O3S/c1-22(2)9-3-7-20-14(23)6-8-21-26(24,25)11-4-5-13(16)12(10-11)15(17,18)19/h4-5,10,21H,3,6-9H2,1-2H3,(H,20,23). The van der Waals surface area contributed by atoms with E-state index in [-0.39, 0.29) is 18.9 Å². The number of sulfonamides is 1. The Bertz CT molecular complexity index is 725. The number of halogens is 4. The summed E-state index contributed by atoms with van der Waals surface area (Å²) in [5, 5.41) is 2.04. The van der Waals surface area contributed by atoms with Crippen molar-refractivity contribution in [1.82, 2.24) is 14.9 Å². The van der Waals surface area contributed by atoms with Gasteiger partial charge in [0, 0.05) is 19.5 Å². The Morgan fingerprint density at radius 3 is 2.46 bits per heavy atom. The third kappa shape index (κ3) is 7.48. The minimum absolute atomic E-state index is 0.124. The van der Waals surface area contributed by atoms with Crippen LogP contribution < -0.4 is 10.0 Å². The number of carbonyl (C=O) groups is 1. The zero-order valence-corrected chi connectivity index (χ0v) is 15.9. The van der Waals surface area contributed by atoms with Crippen LogP contribution in [0.5, 0.6) is 0 Å². The van der Waals surface area contributed by atoms with E-state index in [2.05, 4.69) is 10.0 Å². The number of nitrogens with one attached hydrogen (secondary N) is 2. The maximum absolute atomic E-state index is 12.8. The predicted octanol–water partition coefficient (Wildman–Crippen LogP) is 2.10. The number of amides is 1. The highest BCUT2D eigenvalue weighted by Gasteiger charge is 2.34. The lowest BCUT2D eigenvalue weighted by molar-refractivity contribution is -0.137. The third-order valence-corrected chi connectivity index (χ3v) is 5.09. The van der Waals surface area contributed by atoms with E-state index in [9.17, 15) is 26.4 Å². The van der Waals surface area contributed by atoms with E-state index in [1.165, 1.54) is 0 Å². The molecule has 1 aromatic rings. The molecule has 0 bridgehead atoms. The highest BCUT2D eigenvalue weighted by Crippen LogP contribution is 2.35. The van der Waals surface area contributed by atoms with Gasteiger partial charge in [-0.2, -0.15) is 13.2 Å². The van der Waals surface area contributed by atoms with Crippen molar-refractivity contribution in [3.05, 3.63) is 28.8 Å². The number of alkyl halides is 3. The topological polar surface area (TPSA) is 78.5 Å². The summed E-state index contributed by atoms with van der Waals surface area (Å²) in [6, 6.07) is 2.31. The molecule has 1 rings (SSSR count). The second-order valence-electron chi connectivity index (χ2n) is 5.79. The smallest absolute Gasteiger partial charge is 0.356 e. The van der Waals surface area contributed by atoms with Crippen LogP contribution in [-0.4, -0.2) is 53.0 Å². The lowest BCUT2D eigenvalue weighted by atomic mass is 10.2. The monoisotopic (exact) mass is 415 g/mol. The molecule has 0 radical (unpaired) electrons. The average Bonchev–Trinajstić information content (AvgIpc) is 2.50. The van der Waals surface area contributed by atoms with Crippen molar-refractivity contribution < 1.29 is 26.4 Å². The lowest BCUT2D eigenvalue weighted by Crippen LogP contribution is -2.32. The molecule has 0 aliphatic carbocycles. The van der Waals surface area contributed by atoms with Gasteiger partial charge in [-0.3, -0.25) is 4.79 Å². The summed E-state index contributed by atoms with van der Waals surface area (Å²) in [7, 11) is -0.386. The van der Waals surface area contributed by atoms with Crippen molar-refractivity contribution in [2.45, 2.75) is 23.9 Å². The highest BCUT2D eigenvalue weighted by atomic mass is 35.5. The summed E-state index contributed by atoms with van der Waals surface area (Å²) in [5.74, 6) is -0.349. The molecular formula is C15H21ClF3N3O3S. The first-order valence-corrected chi connectivity index (χ1v) is 9.57. The molecule has 26 heavy (non-hydrogen) atoms. The molecule has 0 unspecified atom stereocenters. The molecule has 2 N–H and O–H groups in total. The normalized spacial score (nSPS) is 12.4. The molecule has 0 saturated heterocycles. The molecule has 6 nitrogen and oxygen atoms in total. The fourth-order valence-electron chi connectivity index (χ4n) is 1.98. The zero-order valence-electron chi connectivity index (χ0n) is 14.4. The molecule has 0 heterocycles. The minimum atomic E-state index is -4.77. The molecule has 1 amide bonds. The minimum Gasteiger partial charge on any atom is -0.356 e. The Kier molecular flexibility index (Phi) is 8.32. The van der Waals surface area contributed by atoms with Gasteiger partial charge in [-0.15, -0.1) is 0 Å². The Morgan fingerprint density at radius 2 is 1.88 bits per heavy atom. The number of hydrogen-bond acceptors (Lipinski definition) is 4. The SMILES string of the molecule is CN(C)CCCNC(=O)CCNS(=O)(=O)c1ccc(Cl)c(C(F)(F)F)c1. The van der Waals surface area contributed by atoms with Crippen LogP contribution in [-0.2, 0) is 21.0 Å². The van der Waals surface area contributed by atoms with E-state index >= 15 is 0 Å². The van der Waals surface area contributed by atoms with E-state index in [4.69, 9.17) is 11.6 Å². The average molecular weight is 416 g/mol. The molecule has 0 fully saturated rings. The fourth-order valence-corrected chi connectivity index (χ4v) is 3.26. The van der Waals surface area contributed by atoms with Gasteiger partial charge in [0.1, 0.15) is 0 Å². The van der Waals surface area contributed by atoms with Crippen molar-refractivity contribution in [1.29, 1.82) is 0 Å². The van der Waals surface area contributed by atoms with Crippen LogP contribution in [0.4, 0.5) is 13.2 Å². The van der Waals surface area contributed by atoms with Gasteiger partial charge in [-0.05, 0) is 45.3 Å². The summed E-state index contributed by atoms with van der Waals surface area (Å²) < 4.78 is 64.7. The van der Waals surface area contributed by atoms with E-state index in [0.29, 0.717) is 12.6 Å². The quantitative estimate of drug-likeness (QED) is 0.605. The van der Waals surface area contributed by atoms with Crippen LogP contribution in [0, 0.1) is 0 Å². The molecule has 0 aliphatic rings. The molecule has 0 atom stereocenters. The maximum Gasteiger partial charge on any atom is 0.417 e. The van der Waals surface area contributed by atoms with Crippen LogP contribution >= 0.6 is 11.6 Å². The number of benzene rings is 1. The van der Waals surface area contributed by atoms with Crippen LogP contribution in [0.1, 0.15) is 18.4 Å². The van der Waals surface area contributed by atoms with Gasteiger partial charge in [0.05, 0.1) is 15.5 Å². The van der Waals surface area contributed by atoms with Gasteiger partial charge in [0.25, 0.3) is 0 Å². The third-order valence-electron chi connectivity index (χ3n) is 3.30. The number of hydrogen-bond donors (Lipinski definition) is 2. The Hall–Kier alpha value is -1.36. The van der Waals surface area contributed by atoms with Gasteiger partial charge in [-0.25, -0.2) is 13.1 Å². The summed E-state index contributed by atoms with van der Waals surface area (Å²) >= 11 is 5.47. The Balaban J connectivity index is 2.58. The molecule has 0 saturated carbocycles. The van der Waals surface area contributed by atoms with E-state index in [1.807, 2.05) is 19.0 Å². The van der Waals surface area contributed by atoms with Crippen LogP contribution in [0.2, 0.25) is 5.02 Å². The fraction of sp³-hybridized carbons (Fsp3) is 0.533. The molecule has 0 aromatic heterocycles. The molecular weight excluding hydrogens is 395 g/mol. The number of carbonyl (C=O) groups excluding carboxylic acids is 1. The summed E-state index contributed by atoms with van der Waals surface area (Å²) in [5.41, 5.74) is -1.24. The summed E-state index contributed by atoms with van der Waals surface area (Å²) in [6.45, 7) is 1.02. The van der Waals surface area contributed by atoms with Gasteiger partial charge >= 0.3 is 6.18 Å². The zero-order chi connectivity index (χ0) is 20.0. The second-order valence-corrected chi connectivity index (χ2v) is 7.97. The van der Waals surface area contributed by atoms with Crippen molar-refractivity contribution in [2.75, 3.05) is 33.7 Å². The second kappa shape index (κ2) is 9.54. The summed E-state index contributed by atoms with van der Waals surface area (Å²) in [4.78, 5) is 13.0. The van der Waals surface area contributed by atoms with E-state index in [1.54, 1.807) is 0 Å². The lowest BCUT2D eigenvalue weighted by Gasteiger charge is -2.12. The molecule has 11 heteroatoms. The van der Waals surface area contributed by atoms with Gasteiger partial charge in [-0.1, -0.05) is 11.6 Å². The van der Waals surface area contributed by atoms with E-state index in [0.717, 1.165) is 25.1 Å². The van der Waals surface area contributed by atoms with Crippen molar-refractivity contribution in [2.24, 2.45) is 0 Å². The van der Waals surface area contributed by atoms with Gasteiger partial charge in [0.15, 0.2) is 0 Å². The maximum atomic E-state index is 12.8. The first-order valence-electron chi connectivity index (χ1n) is 7.71. The van der Waals surface area contributed by atoms with Crippen LogP contribution in [0.3, 0.4) is 0 Å². The molecule has 0 spiro atoms.